The van der Waals surface area contributed by atoms with Crippen LogP contribution >= 0.6 is 0 Å². The molecule has 0 aliphatic carbocycles. The van der Waals surface area contributed by atoms with Crippen LogP contribution in [-0.2, 0) is 0 Å². The van der Waals surface area contributed by atoms with Gasteiger partial charge in [-0.05, 0) is 19.4 Å². The fraction of sp³-hybridized carbons (Fsp3) is 0.500. The predicted molar refractivity (Wildman–Crippen MR) is 55.0 cm³/mol. The van der Waals surface area contributed by atoms with Gasteiger partial charge >= 0.3 is 0 Å². The number of rotatable bonds is 1. The molecule has 0 spiro atoms. The number of carbonyl (C=O) groups is 2. The van der Waals surface area contributed by atoms with Crippen LogP contribution in [0.15, 0.2) is 6.33 Å². The van der Waals surface area contributed by atoms with Gasteiger partial charge < -0.3 is 10.3 Å². The van der Waals surface area contributed by atoms with Crippen LogP contribution in [0.4, 0.5) is 0 Å². The predicted octanol–water partition coefficient (Wildman–Crippen LogP) is -0.242. The highest BCUT2D eigenvalue weighted by Crippen LogP contribution is 2.23. The SMILES string of the molecule is O=C1c2nc[nH]c2C(=O)N1C1CCCNC1. The molecule has 1 aromatic rings. The van der Waals surface area contributed by atoms with Gasteiger partial charge in [0.15, 0.2) is 5.69 Å². The molecule has 2 aliphatic heterocycles. The van der Waals surface area contributed by atoms with Crippen molar-refractivity contribution in [2.75, 3.05) is 13.1 Å². The van der Waals surface area contributed by atoms with E-state index < -0.39 is 0 Å². The van der Waals surface area contributed by atoms with Crippen molar-refractivity contribution in [3.05, 3.63) is 17.7 Å². The maximum atomic E-state index is 12.0. The number of fused-ring (bicyclic) bond motifs is 1. The van der Waals surface area contributed by atoms with Crippen molar-refractivity contribution in [3.8, 4) is 0 Å². The van der Waals surface area contributed by atoms with E-state index in [1.54, 1.807) is 0 Å². The van der Waals surface area contributed by atoms with Crippen LogP contribution in [0, 0.1) is 0 Å². The molecule has 2 aliphatic rings. The number of carbonyl (C=O) groups excluding carboxylic acids is 2. The number of piperidine rings is 1. The molecule has 3 heterocycles. The number of nitrogens with one attached hydrogen (secondary N) is 2. The Balaban J connectivity index is 1.91. The average Bonchev–Trinajstić information content (AvgIpc) is 2.86. The van der Waals surface area contributed by atoms with E-state index in [1.807, 2.05) is 0 Å². The molecular weight excluding hydrogens is 208 g/mol. The molecule has 1 atom stereocenters. The molecule has 6 nitrogen and oxygen atoms in total. The Morgan fingerprint density at radius 3 is 2.94 bits per heavy atom. The van der Waals surface area contributed by atoms with Gasteiger partial charge in [0, 0.05) is 6.54 Å². The molecule has 6 heteroatoms. The smallest absolute Gasteiger partial charge is 0.282 e. The minimum absolute atomic E-state index is 0.0312. The lowest BCUT2D eigenvalue weighted by Gasteiger charge is -2.29. The Bertz CT molecular complexity index is 417. The Morgan fingerprint density at radius 2 is 2.25 bits per heavy atom. The van der Waals surface area contributed by atoms with Gasteiger partial charge in [0.25, 0.3) is 11.8 Å². The average molecular weight is 220 g/mol. The summed E-state index contributed by atoms with van der Waals surface area (Å²) in [4.78, 5) is 31.9. The van der Waals surface area contributed by atoms with E-state index in [4.69, 9.17) is 0 Å². The van der Waals surface area contributed by atoms with Gasteiger partial charge in [-0.25, -0.2) is 4.98 Å². The first-order valence-corrected chi connectivity index (χ1v) is 5.41. The van der Waals surface area contributed by atoms with Gasteiger partial charge in [0.1, 0.15) is 5.69 Å². The highest BCUT2D eigenvalue weighted by atomic mass is 16.2. The largest absolute Gasteiger partial charge is 0.340 e. The van der Waals surface area contributed by atoms with Crippen LogP contribution in [-0.4, -0.2) is 45.8 Å². The van der Waals surface area contributed by atoms with E-state index in [9.17, 15) is 9.59 Å². The van der Waals surface area contributed by atoms with Crippen molar-refractivity contribution in [3.63, 3.8) is 0 Å². The molecule has 0 saturated carbocycles. The van der Waals surface area contributed by atoms with Crippen LogP contribution in [0.25, 0.3) is 0 Å². The van der Waals surface area contributed by atoms with Gasteiger partial charge in [-0.2, -0.15) is 0 Å². The molecule has 3 rings (SSSR count). The number of nitrogens with zero attached hydrogens (tertiary/aromatic N) is 2. The Kier molecular flexibility index (Phi) is 2.03. The number of H-pyrrole nitrogens is 1. The van der Waals surface area contributed by atoms with Crippen molar-refractivity contribution in [1.29, 1.82) is 0 Å². The van der Waals surface area contributed by atoms with E-state index in [-0.39, 0.29) is 23.6 Å². The number of amides is 2. The van der Waals surface area contributed by atoms with E-state index in [2.05, 4.69) is 15.3 Å². The molecule has 16 heavy (non-hydrogen) atoms. The summed E-state index contributed by atoms with van der Waals surface area (Å²) in [7, 11) is 0. The van der Waals surface area contributed by atoms with Gasteiger partial charge in [0.05, 0.1) is 12.4 Å². The van der Waals surface area contributed by atoms with Crippen LogP contribution in [0.5, 0.6) is 0 Å². The molecule has 1 saturated heterocycles. The molecular formula is C10H12N4O2. The fourth-order valence-electron chi connectivity index (χ4n) is 2.33. The third-order valence-electron chi connectivity index (χ3n) is 3.13. The normalized spacial score (nSPS) is 25.0. The summed E-state index contributed by atoms with van der Waals surface area (Å²) in [5.41, 5.74) is 0.589. The zero-order valence-corrected chi connectivity index (χ0v) is 8.69. The maximum absolute atomic E-state index is 12.0. The Labute approximate surface area is 92.0 Å². The first-order valence-electron chi connectivity index (χ1n) is 5.41. The second kappa shape index (κ2) is 3.41. The highest BCUT2D eigenvalue weighted by Gasteiger charge is 2.42. The zero-order chi connectivity index (χ0) is 11.1. The molecule has 2 amide bonds. The van der Waals surface area contributed by atoms with Crippen LogP contribution in [0.3, 0.4) is 0 Å². The monoisotopic (exact) mass is 220 g/mol. The van der Waals surface area contributed by atoms with Crippen molar-refractivity contribution >= 4 is 11.8 Å². The summed E-state index contributed by atoms with van der Waals surface area (Å²) < 4.78 is 0. The Morgan fingerprint density at radius 1 is 1.38 bits per heavy atom. The van der Waals surface area contributed by atoms with Gasteiger partial charge in [-0.3, -0.25) is 14.5 Å². The van der Waals surface area contributed by atoms with Gasteiger partial charge in [-0.15, -0.1) is 0 Å². The third-order valence-corrected chi connectivity index (χ3v) is 3.13. The van der Waals surface area contributed by atoms with Crippen molar-refractivity contribution in [1.82, 2.24) is 20.2 Å². The maximum Gasteiger partial charge on any atom is 0.282 e. The van der Waals surface area contributed by atoms with Crippen molar-refractivity contribution < 1.29 is 9.59 Å². The van der Waals surface area contributed by atoms with E-state index in [0.717, 1.165) is 19.4 Å². The highest BCUT2D eigenvalue weighted by molar-refractivity contribution is 6.19. The van der Waals surface area contributed by atoms with Crippen LogP contribution < -0.4 is 5.32 Å². The second-order valence-corrected chi connectivity index (χ2v) is 4.11. The number of hydrogen-bond donors (Lipinski definition) is 2. The molecule has 0 aromatic carbocycles. The van der Waals surface area contributed by atoms with Gasteiger partial charge in [0.2, 0.25) is 0 Å². The number of hydrogen-bond acceptors (Lipinski definition) is 4. The molecule has 0 radical (unpaired) electrons. The van der Waals surface area contributed by atoms with Crippen molar-refractivity contribution in [2.24, 2.45) is 0 Å². The summed E-state index contributed by atoms with van der Waals surface area (Å²) in [5.74, 6) is -0.513. The van der Waals surface area contributed by atoms with E-state index >= 15 is 0 Å². The molecule has 0 bridgehead atoms. The summed E-state index contributed by atoms with van der Waals surface area (Å²) >= 11 is 0. The first kappa shape index (κ1) is 9.53. The molecule has 1 fully saturated rings. The summed E-state index contributed by atoms with van der Waals surface area (Å²) in [6, 6.07) is -0.0312. The second-order valence-electron chi connectivity index (χ2n) is 4.11. The lowest BCUT2D eigenvalue weighted by Crippen LogP contribution is -2.48. The minimum Gasteiger partial charge on any atom is -0.340 e. The number of imidazole rings is 1. The fourth-order valence-corrected chi connectivity index (χ4v) is 2.33. The van der Waals surface area contributed by atoms with Gasteiger partial charge in [-0.1, -0.05) is 0 Å². The van der Waals surface area contributed by atoms with Crippen molar-refractivity contribution in [2.45, 2.75) is 18.9 Å². The summed E-state index contributed by atoms with van der Waals surface area (Å²) in [6.45, 7) is 1.64. The molecule has 1 unspecified atom stereocenters. The summed E-state index contributed by atoms with van der Waals surface area (Å²) in [5, 5.41) is 3.20. The minimum atomic E-state index is -0.269. The molecule has 1 aromatic heterocycles. The quantitative estimate of drug-likeness (QED) is 0.640. The third kappa shape index (κ3) is 1.19. The van der Waals surface area contributed by atoms with E-state index in [1.165, 1.54) is 11.2 Å². The van der Waals surface area contributed by atoms with Crippen LogP contribution in [0.1, 0.15) is 33.8 Å². The first-order chi connectivity index (χ1) is 7.79. The number of aromatic amines is 1. The van der Waals surface area contributed by atoms with E-state index in [0.29, 0.717) is 12.2 Å². The lowest BCUT2D eigenvalue weighted by atomic mass is 10.1. The number of imide groups is 1. The van der Waals surface area contributed by atoms with Crippen LogP contribution in [0.2, 0.25) is 0 Å². The zero-order valence-electron chi connectivity index (χ0n) is 8.69. The summed E-state index contributed by atoms with van der Waals surface area (Å²) in [6.07, 6.45) is 3.24. The standard InChI is InChI=1S/C10H12N4O2/c15-9-7-8(13-5-12-7)10(16)14(9)6-2-1-3-11-4-6/h5-6,11H,1-4H2,(H,12,13). The Hall–Kier alpha value is -1.69. The molecule has 84 valence electrons. The lowest BCUT2D eigenvalue weighted by molar-refractivity contribution is 0.0555. The topological polar surface area (TPSA) is 78.1 Å². The number of aromatic nitrogens is 2. The molecule has 2 N–H and O–H groups in total.